The second kappa shape index (κ2) is 3.72. The monoisotopic (exact) mass is 156 g/mol. The summed E-state index contributed by atoms with van der Waals surface area (Å²) in [5, 5.41) is 3.20. The second-order valence-electron chi connectivity index (χ2n) is 3.27. The molecule has 0 aromatic carbocycles. The first-order chi connectivity index (χ1) is 5.20. The first-order valence-corrected chi connectivity index (χ1v) is 4.25. The SMILES string of the molecule is C[C@H](NC1CCCC1)C(N)=O. The highest BCUT2D eigenvalue weighted by molar-refractivity contribution is 5.79. The molecule has 1 saturated carbocycles. The molecule has 0 aromatic rings. The third kappa shape index (κ3) is 2.50. The van der Waals surface area contributed by atoms with Crippen molar-refractivity contribution in [3.05, 3.63) is 0 Å². The molecule has 3 N–H and O–H groups in total. The van der Waals surface area contributed by atoms with Gasteiger partial charge in [-0.2, -0.15) is 0 Å². The summed E-state index contributed by atoms with van der Waals surface area (Å²) in [5.74, 6) is -0.253. The van der Waals surface area contributed by atoms with E-state index < -0.39 is 0 Å². The minimum atomic E-state index is -0.253. The molecule has 1 amide bonds. The molecule has 1 aliphatic carbocycles. The van der Waals surface area contributed by atoms with Gasteiger partial charge in [0.2, 0.25) is 5.91 Å². The topological polar surface area (TPSA) is 55.1 Å². The van der Waals surface area contributed by atoms with E-state index in [-0.39, 0.29) is 11.9 Å². The second-order valence-corrected chi connectivity index (χ2v) is 3.27. The van der Waals surface area contributed by atoms with Crippen molar-refractivity contribution in [3.63, 3.8) is 0 Å². The van der Waals surface area contributed by atoms with Crippen LogP contribution in [0.2, 0.25) is 0 Å². The zero-order valence-electron chi connectivity index (χ0n) is 6.97. The number of carbonyl (C=O) groups excluding carboxylic acids is 1. The van der Waals surface area contributed by atoms with Crippen molar-refractivity contribution < 1.29 is 4.79 Å². The lowest BCUT2D eigenvalue weighted by Gasteiger charge is -2.15. The fourth-order valence-electron chi connectivity index (χ4n) is 1.53. The van der Waals surface area contributed by atoms with Crippen LogP contribution in [0.3, 0.4) is 0 Å². The highest BCUT2D eigenvalue weighted by Gasteiger charge is 2.18. The standard InChI is InChI=1S/C8H16N2O/c1-6(8(9)11)10-7-4-2-3-5-7/h6-7,10H,2-5H2,1H3,(H2,9,11)/t6-/m0/s1. The molecule has 0 radical (unpaired) electrons. The van der Waals surface area contributed by atoms with Gasteiger partial charge in [-0.15, -0.1) is 0 Å². The summed E-state index contributed by atoms with van der Waals surface area (Å²) in [6.45, 7) is 1.82. The average molecular weight is 156 g/mol. The van der Waals surface area contributed by atoms with Gasteiger partial charge in [0, 0.05) is 6.04 Å². The fraction of sp³-hybridized carbons (Fsp3) is 0.875. The van der Waals surface area contributed by atoms with Crippen molar-refractivity contribution in [2.75, 3.05) is 0 Å². The Kier molecular flexibility index (Phi) is 2.88. The van der Waals surface area contributed by atoms with Crippen LogP contribution in [0.25, 0.3) is 0 Å². The lowest BCUT2D eigenvalue weighted by atomic mass is 10.2. The molecule has 0 unspecified atom stereocenters. The Morgan fingerprint density at radius 1 is 1.55 bits per heavy atom. The maximum Gasteiger partial charge on any atom is 0.234 e. The van der Waals surface area contributed by atoms with Crippen LogP contribution in [0, 0.1) is 0 Å². The molecule has 0 heterocycles. The summed E-state index contributed by atoms with van der Waals surface area (Å²) in [4.78, 5) is 10.6. The summed E-state index contributed by atoms with van der Waals surface area (Å²) < 4.78 is 0. The van der Waals surface area contributed by atoms with E-state index >= 15 is 0 Å². The largest absolute Gasteiger partial charge is 0.368 e. The van der Waals surface area contributed by atoms with E-state index in [1.54, 1.807) is 0 Å². The minimum absolute atomic E-state index is 0.168. The fourth-order valence-corrected chi connectivity index (χ4v) is 1.53. The molecule has 1 fully saturated rings. The van der Waals surface area contributed by atoms with Crippen LogP contribution in [-0.4, -0.2) is 18.0 Å². The number of amides is 1. The van der Waals surface area contributed by atoms with Gasteiger partial charge in [0.15, 0.2) is 0 Å². The van der Waals surface area contributed by atoms with E-state index in [0.717, 1.165) is 0 Å². The molecule has 1 rings (SSSR count). The highest BCUT2D eigenvalue weighted by atomic mass is 16.1. The number of nitrogens with one attached hydrogen (secondary N) is 1. The smallest absolute Gasteiger partial charge is 0.234 e. The number of hydrogen-bond donors (Lipinski definition) is 2. The Morgan fingerprint density at radius 3 is 2.55 bits per heavy atom. The summed E-state index contributed by atoms with van der Waals surface area (Å²) >= 11 is 0. The average Bonchev–Trinajstić information content (AvgIpc) is 2.39. The number of carbonyl (C=O) groups is 1. The number of hydrogen-bond acceptors (Lipinski definition) is 2. The van der Waals surface area contributed by atoms with Gasteiger partial charge in [0.1, 0.15) is 0 Å². The minimum Gasteiger partial charge on any atom is -0.368 e. The first kappa shape index (κ1) is 8.53. The van der Waals surface area contributed by atoms with E-state index in [4.69, 9.17) is 5.73 Å². The predicted octanol–water partition coefficient (Wildman–Crippen LogP) is 0.392. The van der Waals surface area contributed by atoms with Crippen LogP contribution < -0.4 is 11.1 Å². The summed E-state index contributed by atoms with van der Waals surface area (Å²) in [5.41, 5.74) is 5.11. The van der Waals surface area contributed by atoms with Crippen molar-refractivity contribution in [1.29, 1.82) is 0 Å². The Balaban J connectivity index is 2.23. The zero-order valence-corrected chi connectivity index (χ0v) is 6.97. The van der Waals surface area contributed by atoms with Crippen LogP contribution in [0.4, 0.5) is 0 Å². The molecule has 3 nitrogen and oxygen atoms in total. The van der Waals surface area contributed by atoms with Gasteiger partial charge in [0.25, 0.3) is 0 Å². The molecule has 11 heavy (non-hydrogen) atoms. The summed E-state index contributed by atoms with van der Waals surface area (Å²) in [6, 6.07) is 0.357. The third-order valence-corrected chi connectivity index (χ3v) is 2.27. The van der Waals surface area contributed by atoms with E-state index in [9.17, 15) is 4.79 Å². The maximum absolute atomic E-state index is 10.6. The Hall–Kier alpha value is -0.570. The quantitative estimate of drug-likeness (QED) is 0.621. The Morgan fingerprint density at radius 2 is 2.09 bits per heavy atom. The van der Waals surface area contributed by atoms with Crippen LogP contribution in [0.5, 0.6) is 0 Å². The van der Waals surface area contributed by atoms with Gasteiger partial charge in [-0.25, -0.2) is 0 Å². The van der Waals surface area contributed by atoms with E-state index in [1.807, 2.05) is 6.92 Å². The predicted molar refractivity (Wildman–Crippen MR) is 44.0 cm³/mol. The van der Waals surface area contributed by atoms with Gasteiger partial charge in [0.05, 0.1) is 6.04 Å². The molecule has 0 aromatic heterocycles. The molecule has 3 heteroatoms. The molecule has 64 valence electrons. The van der Waals surface area contributed by atoms with Crippen molar-refractivity contribution >= 4 is 5.91 Å². The zero-order chi connectivity index (χ0) is 8.27. The number of nitrogens with two attached hydrogens (primary N) is 1. The van der Waals surface area contributed by atoms with Gasteiger partial charge in [-0.3, -0.25) is 4.79 Å². The lowest BCUT2D eigenvalue weighted by molar-refractivity contribution is -0.119. The normalized spacial score (nSPS) is 21.9. The van der Waals surface area contributed by atoms with Crippen LogP contribution >= 0.6 is 0 Å². The number of rotatable bonds is 3. The van der Waals surface area contributed by atoms with E-state index in [0.29, 0.717) is 6.04 Å². The van der Waals surface area contributed by atoms with E-state index in [2.05, 4.69) is 5.32 Å². The van der Waals surface area contributed by atoms with Gasteiger partial charge in [-0.05, 0) is 19.8 Å². The van der Waals surface area contributed by atoms with Crippen molar-refractivity contribution in [2.24, 2.45) is 5.73 Å². The molecule has 0 saturated heterocycles. The lowest BCUT2D eigenvalue weighted by Crippen LogP contribution is -2.43. The van der Waals surface area contributed by atoms with Crippen molar-refractivity contribution in [1.82, 2.24) is 5.32 Å². The Labute approximate surface area is 67.3 Å². The molecule has 0 bridgehead atoms. The highest BCUT2D eigenvalue weighted by Crippen LogP contribution is 2.17. The third-order valence-electron chi connectivity index (χ3n) is 2.27. The molecular formula is C8H16N2O. The molecule has 0 spiro atoms. The maximum atomic E-state index is 10.6. The molecule has 1 aliphatic rings. The first-order valence-electron chi connectivity index (χ1n) is 4.25. The van der Waals surface area contributed by atoms with Gasteiger partial charge in [-0.1, -0.05) is 12.8 Å². The van der Waals surface area contributed by atoms with Crippen LogP contribution in [0.15, 0.2) is 0 Å². The Bertz CT molecular complexity index is 141. The van der Waals surface area contributed by atoms with E-state index in [1.165, 1.54) is 25.7 Å². The summed E-state index contributed by atoms with van der Waals surface area (Å²) in [6.07, 6.45) is 4.95. The molecule has 1 atom stereocenters. The van der Waals surface area contributed by atoms with Crippen molar-refractivity contribution in [2.45, 2.75) is 44.7 Å². The van der Waals surface area contributed by atoms with Crippen LogP contribution in [-0.2, 0) is 4.79 Å². The summed E-state index contributed by atoms with van der Waals surface area (Å²) in [7, 11) is 0. The number of primary amides is 1. The molecular weight excluding hydrogens is 140 g/mol. The van der Waals surface area contributed by atoms with Crippen LogP contribution in [0.1, 0.15) is 32.6 Å². The van der Waals surface area contributed by atoms with Crippen molar-refractivity contribution in [3.8, 4) is 0 Å². The molecule has 0 aliphatic heterocycles. The van der Waals surface area contributed by atoms with Gasteiger partial charge >= 0.3 is 0 Å². The van der Waals surface area contributed by atoms with Gasteiger partial charge < -0.3 is 11.1 Å².